The van der Waals surface area contributed by atoms with Crippen LogP contribution in [0.4, 0.5) is 0 Å². The normalized spacial score (nSPS) is 11.2. The van der Waals surface area contributed by atoms with Gasteiger partial charge in [0.1, 0.15) is 0 Å². The summed E-state index contributed by atoms with van der Waals surface area (Å²) in [5.74, 6) is 0.756. The number of hydrogen-bond donors (Lipinski definition) is 1. The van der Waals surface area contributed by atoms with Gasteiger partial charge in [0.05, 0.1) is 0 Å². The molecule has 0 saturated heterocycles. The lowest BCUT2D eigenvalue weighted by Gasteiger charge is -2.12. The molecule has 0 atom stereocenters. The van der Waals surface area contributed by atoms with Gasteiger partial charge in [0.15, 0.2) is 0 Å². The molecule has 1 N–H and O–H groups in total. The Morgan fingerprint density at radius 2 is 1.61 bits per heavy atom. The third-order valence-electron chi connectivity index (χ3n) is 3.42. The van der Waals surface area contributed by atoms with Crippen LogP contribution in [0.3, 0.4) is 0 Å². The van der Waals surface area contributed by atoms with E-state index in [4.69, 9.17) is 0 Å². The van der Waals surface area contributed by atoms with E-state index >= 15 is 0 Å². The molecule has 0 unspecified atom stereocenters. The van der Waals surface area contributed by atoms with Crippen LogP contribution in [0.2, 0.25) is 0 Å². The van der Waals surface area contributed by atoms with Crippen molar-refractivity contribution in [2.24, 2.45) is 5.92 Å². The summed E-state index contributed by atoms with van der Waals surface area (Å²) < 4.78 is 0. The first-order valence-electron chi connectivity index (χ1n) is 7.28. The molecule has 0 fully saturated rings. The molecule has 0 aliphatic rings. The number of aryl methyl sites for hydroxylation is 3. The van der Waals surface area contributed by atoms with Gasteiger partial charge in [-0.2, -0.15) is 0 Å². The van der Waals surface area contributed by atoms with Crippen molar-refractivity contribution in [2.75, 3.05) is 13.1 Å². The Bertz CT molecular complexity index is 343. The maximum Gasteiger partial charge on any atom is -0.00258 e. The Balaban J connectivity index is 2.31. The first kappa shape index (κ1) is 15.2. The summed E-state index contributed by atoms with van der Waals surface area (Å²) in [7, 11) is 0. The van der Waals surface area contributed by atoms with Crippen molar-refractivity contribution in [1.82, 2.24) is 5.32 Å². The van der Waals surface area contributed by atoms with Crippen LogP contribution in [0, 0.1) is 26.7 Å². The van der Waals surface area contributed by atoms with Crippen LogP contribution >= 0.6 is 0 Å². The van der Waals surface area contributed by atoms with Crippen molar-refractivity contribution in [3.05, 3.63) is 34.4 Å². The van der Waals surface area contributed by atoms with Crippen LogP contribution in [0.1, 0.15) is 48.9 Å². The number of unbranched alkanes of at least 4 members (excludes halogenated alkanes) is 1. The highest BCUT2D eigenvalue weighted by atomic mass is 14.8. The topological polar surface area (TPSA) is 12.0 Å². The van der Waals surface area contributed by atoms with Gasteiger partial charge in [0.2, 0.25) is 0 Å². The van der Waals surface area contributed by atoms with E-state index in [1.165, 1.54) is 36.0 Å². The zero-order valence-electron chi connectivity index (χ0n) is 12.8. The zero-order chi connectivity index (χ0) is 13.5. The van der Waals surface area contributed by atoms with Gasteiger partial charge in [-0.25, -0.2) is 0 Å². The molecule has 1 heteroatoms. The molecule has 1 nitrogen and oxygen atoms in total. The Labute approximate surface area is 113 Å². The molecule has 0 aromatic heterocycles. The van der Waals surface area contributed by atoms with Gasteiger partial charge in [-0.1, -0.05) is 31.5 Å². The van der Waals surface area contributed by atoms with Crippen molar-refractivity contribution < 1.29 is 0 Å². The van der Waals surface area contributed by atoms with E-state index < -0.39 is 0 Å². The molecule has 0 spiro atoms. The number of nitrogens with one attached hydrogen (secondary N) is 1. The molecule has 0 radical (unpaired) electrons. The van der Waals surface area contributed by atoms with Gasteiger partial charge in [0, 0.05) is 0 Å². The second kappa shape index (κ2) is 7.58. The molecule has 0 aliphatic carbocycles. The summed E-state index contributed by atoms with van der Waals surface area (Å²) in [6.07, 6.45) is 3.79. The molecular weight excluding hydrogens is 218 g/mol. The number of benzene rings is 1. The average Bonchev–Trinajstić information content (AvgIpc) is 2.25. The minimum Gasteiger partial charge on any atom is -0.316 e. The molecule has 102 valence electrons. The van der Waals surface area contributed by atoms with E-state index in [0.29, 0.717) is 0 Å². The van der Waals surface area contributed by atoms with E-state index in [2.05, 4.69) is 52.1 Å². The summed E-state index contributed by atoms with van der Waals surface area (Å²) in [6.45, 7) is 13.5. The van der Waals surface area contributed by atoms with Crippen LogP contribution in [-0.4, -0.2) is 13.1 Å². The third-order valence-corrected chi connectivity index (χ3v) is 3.42. The van der Waals surface area contributed by atoms with E-state index in [1.54, 1.807) is 5.56 Å². The molecule has 1 aromatic rings. The Morgan fingerprint density at radius 1 is 1.00 bits per heavy atom. The lowest BCUT2D eigenvalue weighted by atomic mass is 9.96. The molecule has 1 aromatic carbocycles. The molecule has 0 saturated carbocycles. The van der Waals surface area contributed by atoms with Crippen molar-refractivity contribution in [3.8, 4) is 0 Å². The van der Waals surface area contributed by atoms with E-state index in [-0.39, 0.29) is 0 Å². The van der Waals surface area contributed by atoms with Gasteiger partial charge >= 0.3 is 0 Å². The van der Waals surface area contributed by atoms with Crippen LogP contribution < -0.4 is 5.32 Å². The summed E-state index contributed by atoms with van der Waals surface area (Å²) in [5.41, 5.74) is 5.86. The van der Waals surface area contributed by atoms with E-state index in [9.17, 15) is 0 Å². The van der Waals surface area contributed by atoms with Crippen LogP contribution in [-0.2, 0) is 6.42 Å². The standard InChI is InChI=1S/C17H29N/c1-13(2)12-18-9-7-6-8-17-15(4)10-14(3)11-16(17)5/h10-11,13,18H,6-9,12H2,1-5H3. The minimum absolute atomic E-state index is 0.756. The van der Waals surface area contributed by atoms with Crippen LogP contribution in [0.15, 0.2) is 12.1 Å². The Morgan fingerprint density at radius 3 is 2.17 bits per heavy atom. The zero-order valence-corrected chi connectivity index (χ0v) is 12.8. The van der Waals surface area contributed by atoms with Gasteiger partial charge in [-0.05, 0) is 75.7 Å². The second-order valence-electron chi connectivity index (χ2n) is 5.93. The van der Waals surface area contributed by atoms with Crippen molar-refractivity contribution in [3.63, 3.8) is 0 Å². The van der Waals surface area contributed by atoms with Crippen molar-refractivity contribution in [1.29, 1.82) is 0 Å². The molecule has 0 heterocycles. The lowest BCUT2D eigenvalue weighted by Crippen LogP contribution is -2.20. The highest BCUT2D eigenvalue weighted by Crippen LogP contribution is 2.18. The lowest BCUT2D eigenvalue weighted by molar-refractivity contribution is 0.535. The molecule has 0 bridgehead atoms. The fraction of sp³-hybridized carbons (Fsp3) is 0.647. The first-order chi connectivity index (χ1) is 8.50. The van der Waals surface area contributed by atoms with Crippen LogP contribution in [0.5, 0.6) is 0 Å². The van der Waals surface area contributed by atoms with Crippen molar-refractivity contribution >= 4 is 0 Å². The van der Waals surface area contributed by atoms with Gasteiger partial charge in [-0.3, -0.25) is 0 Å². The Kier molecular flexibility index (Phi) is 6.42. The summed E-state index contributed by atoms with van der Waals surface area (Å²) in [5, 5.41) is 3.51. The van der Waals surface area contributed by atoms with E-state index in [0.717, 1.165) is 19.0 Å². The SMILES string of the molecule is Cc1cc(C)c(CCCCNCC(C)C)c(C)c1. The average molecular weight is 247 g/mol. The van der Waals surface area contributed by atoms with E-state index in [1.807, 2.05) is 0 Å². The maximum atomic E-state index is 3.51. The molecule has 18 heavy (non-hydrogen) atoms. The van der Waals surface area contributed by atoms with Gasteiger partial charge in [0.25, 0.3) is 0 Å². The van der Waals surface area contributed by atoms with Crippen LogP contribution in [0.25, 0.3) is 0 Å². The quantitative estimate of drug-likeness (QED) is 0.713. The monoisotopic (exact) mass is 247 g/mol. The number of rotatable bonds is 7. The highest BCUT2D eigenvalue weighted by molar-refractivity contribution is 5.37. The fourth-order valence-electron chi connectivity index (χ4n) is 2.55. The smallest absolute Gasteiger partial charge is 0.00258 e. The highest BCUT2D eigenvalue weighted by Gasteiger charge is 2.03. The molecular formula is C17H29N. The first-order valence-corrected chi connectivity index (χ1v) is 7.28. The summed E-state index contributed by atoms with van der Waals surface area (Å²) >= 11 is 0. The maximum absolute atomic E-state index is 3.51. The molecule has 0 aliphatic heterocycles. The predicted molar refractivity (Wildman–Crippen MR) is 81.3 cm³/mol. The molecule has 0 amide bonds. The third kappa shape index (κ3) is 5.22. The fourth-order valence-corrected chi connectivity index (χ4v) is 2.55. The molecule has 1 rings (SSSR count). The largest absolute Gasteiger partial charge is 0.316 e. The van der Waals surface area contributed by atoms with Gasteiger partial charge < -0.3 is 5.32 Å². The number of hydrogen-bond acceptors (Lipinski definition) is 1. The summed E-state index contributed by atoms with van der Waals surface area (Å²) in [6, 6.07) is 4.61. The summed E-state index contributed by atoms with van der Waals surface area (Å²) in [4.78, 5) is 0. The minimum atomic E-state index is 0.756. The predicted octanol–water partition coefficient (Wildman–Crippen LogP) is 4.18. The second-order valence-corrected chi connectivity index (χ2v) is 5.93. The van der Waals surface area contributed by atoms with Crippen molar-refractivity contribution in [2.45, 2.75) is 53.9 Å². The Hall–Kier alpha value is -0.820. The van der Waals surface area contributed by atoms with Gasteiger partial charge in [-0.15, -0.1) is 0 Å².